The fourth-order valence-electron chi connectivity index (χ4n) is 2.90. The highest BCUT2D eigenvalue weighted by molar-refractivity contribution is 5.76. The number of carbonyl (C=O) groups is 2. The highest BCUT2D eigenvalue weighted by Crippen LogP contribution is 2.43. The predicted octanol–water partition coefficient (Wildman–Crippen LogP) is 1.72. The molecule has 0 unspecified atom stereocenters. The first-order valence-corrected chi connectivity index (χ1v) is 6.02. The van der Waals surface area contributed by atoms with Crippen molar-refractivity contribution in [2.45, 2.75) is 45.3 Å². The number of hydrogen-bond acceptors (Lipinski definition) is 3. The number of likely N-dealkylation sites (tertiary alicyclic amines) is 1. The molecule has 1 aliphatic carbocycles. The van der Waals surface area contributed by atoms with Crippen molar-refractivity contribution >= 4 is 12.1 Å². The smallest absolute Gasteiger partial charge is 0.410 e. The van der Waals surface area contributed by atoms with Gasteiger partial charge in [0.15, 0.2) is 0 Å². The lowest BCUT2D eigenvalue weighted by Crippen LogP contribution is -2.42. The first-order chi connectivity index (χ1) is 7.79. The average molecular weight is 241 g/mol. The second-order valence-corrected chi connectivity index (χ2v) is 5.90. The number of ether oxygens (including phenoxy) is 1. The lowest BCUT2D eigenvalue weighted by atomic mass is 9.99. The third-order valence-corrected chi connectivity index (χ3v) is 3.50. The minimum absolute atomic E-state index is 0.102. The molecule has 5 nitrogen and oxygen atoms in total. The van der Waals surface area contributed by atoms with Crippen LogP contribution in [0, 0.1) is 11.8 Å². The van der Waals surface area contributed by atoms with E-state index in [0.29, 0.717) is 6.54 Å². The minimum atomic E-state index is -0.788. The molecule has 1 aliphatic heterocycles. The van der Waals surface area contributed by atoms with E-state index < -0.39 is 17.5 Å². The fourth-order valence-corrected chi connectivity index (χ4v) is 2.90. The molecule has 0 radical (unpaired) electrons. The second kappa shape index (κ2) is 3.89. The number of amides is 1. The molecule has 17 heavy (non-hydrogen) atoms. The SMILES string of the molecule is CC(C)(C)OC(=O)N1C[C@H]2CC[C@H]1[C@@H]2C(=O)O. The second-order valence-electron chi connectivity index (χ2n) is 5.90. The van der Waals surface area contributed by atoms with Crippen LogP contribution in [0.1, 0.15) is 33.6 Å². The Hall–Kier alpha value is -1.26. The molecule has 1 N–H and O–H groups in total. The molecule has 2 aliphatic rings. The number of carbonyl (C=O) groups excluding carboxylic acids is 1. The zero-order valence-corrected chi connectivity index (χ0v) is 10.5. The average Bonchev–Trinajstić information content (AvgIpc) is 2.70. The monoisotopic (exact) mass is 241 g/mol. The van der Waals surface area contributed by atoms with Gasteiger partial charge in [-0.3, -0.25) is 4.79 Å². The summed E-state index contributed by atoms with van der Waals surface area (Å²) in [4.78, 5) is 24.7. The molecule has 0 aromatic rings. The van der Waals surface area contributed by atoms with Crippen molar-refractivity contribution in [2.24, 2.45) is 11.8 Å². The van der Waals surface area contributed by atoms with Crippen LogP contribution in [-0.4, -0.2) is 40.3 Å². The molecular weight excluding hydrogens is 222 g/mol. The Balaban J connectivity index is 2.06. The largest absolute Gasteiger partial charge is 0.481 e. The van der Waals surface area contributed by atoms with Crippen LogP contribution in [0.4, 0.5) is 4.79 Å². The number of carboxylic acid groups (broad SMARTS) is 1. The van der Waals surface area contributed by atoms with Gasteiger partial charge in [0.05, 0.1) is 5.92 Å². The van der Waals surface area contributed by atoms with Crippen LogP contribution in [0.2, 0.25) is 0 Å². The number of rotatable bonds is 1. The van der Waals surface area contributed by atoms with E-state index in [1.807, 2.05) is 20.8 Å². The molecule has 1 saturated heterocycles. The van der Waals surface area contributed by atoms with Crippen molar-refractivity contribution in [1.82, 2.24) is 4.90 Å². The van der Waals surface area contributed by atoms with E-state index in [4.69, 9.17) is 9.84 Å². The molecule has 1 heterocycles. The molecule has 96 valence electrons. The minimum Gasteiger partial charge on any atom is -0.481 e. The Labute approximate surface area is 101 Å². The quantitative estimate of drug-likeness (QED) is 0.759. The maximum Gasteiger partial charge on any atom is 0.410 e. The van der Waals surface area contributed by atoms with Crippen molar-refractivity contribution in [2.75, 3.05) is 6.54 Å². The highest BCUT2D eigenvalue weighted by Gasteiger charge is 2.53. The van der Waals surface area contributed by atoms with Crippen molar-refractivity contribution in [3.05, 3.63) is 0 Å². The normalized spacial score (nSPS) is 31.7. The van der Waals surface area contributed by atoms with Crippen LogP contribution in [-0.2, 0) is 9.53 Å². The molecule has 2 bridgehead atoms. The molecule has 1 amide bonds. The lowest BCUT2D eigenvalue weighted by molar-refractivity contribution is -0.142. The van der Waals surface area contributed by atoms with E-state index >= 15 is 0 Å². The molecule has 0 aromatic heterocycles. The molecule has 0 aromatic carbocycles. The number of carboxylic acids is 1. The van der Waals surface area contributed by atoms with Gasteiger partial charge in [0.2, 0.25) is 0 Å². The molecular formula is C12H19NO4. The van der Waals surface area contributed by atoms with Crippen LogP contribution >= 0.6 is 0 Å². The topological polar surface area (TPSA) is 66.8 Å². The highest BCUT2D eigenvalue weighted by atomic mass is 16.6. The standard InChI is InChI=1S/C12H19NO4/c1-12(2,3)17-11(16)13-6-7-4-5-8(13)9(7)10(14)15/h7-9H,4-6H2,1-3H3,(H,14,15)/t7-,8+,9-/m1/s1. The summed E-state index contributed by atoms with van der Waals surface area (Å²) in [6.45, 7) is 5.96. The summed E-state index contributed by atoms with van der Waals surface area (Å²) in [7, 11) is 0. The van der Waals surface area contributed by atoms with Gasteiger partial charge in [-0.25, -0.2) is 4.79 Å². The van der Waals surface area contributed by atoms with Crippen molar-refractivity contribution in [1.29, 1.82) is 0 Å². The number of fused-ring (bicyclic) bond motifs is 2. The summed E-state index contributed by atoms with van der Waals surface area (Å²) in [5.74, 6) is -1.09. The molecule has 2 fully saturated rings. The van der Waals surface area contributed by atoms with Crippen LogP contribution in [0.5, 0.6) is 0 Å². The van der Waals surface area contributed by atoms with Gasteiger partial charge in [-0.2, -0.15) is 0 Å². The first-order valence-electron chi connectivity index (χ1n) is 6.02. The molecule has 5 heteroatoms. The van der Waals surface area contributed by atoms with Crippen LogP contribution in [0.25, 0.3) is 0 Å². The number of piperidine rings is 1. The van der Waals surface area contributed by atoms with Gasteiger partial charge in [0.25, 0.3) is 0 Å². The summed E-state index contributed by atoms with van der Waals surface area (Å²) < 4.78 is 5.30. The summed E-state index contributed by atoms with van der Waals surface area (Å²) >= 11 is 0. The van der Waals surface area contributed by atoms with E-state index in [1.165, 1.54) is 0 Å². The fraction of sp³-hybridized carbons (Fsp3) is 0.833. The Kier molecular flexibility index (Phi) is 2.79. The van der Waals surface area contributed by atoms with Crippen molar-refractivity contribution in [3.63, 3.8) is 0 Å². The first kappa shape index (κ1) is 12.2. The van der Waals surface area contributed by atoms with E-state index in [1.54, 1.807) is 4.90 Å². The summed E-state index contributed by atoms with van der Waals surface area (Å²) in [5.41, 5.74) is -0.530. The lowest BCUT2D eigenvalue weighted by Gasteiger charge is -2.30. The van der Waals surface area contributed by atoms with Gasteiger partial charge in [-0.05, 0) is 39.5 Å². The summed E-state index contributed by atoms with van der Waals surface area (Å²) in [6, 6.07) is -0.174. The number of hydrogen-bond donors (Lipinski definition) is 1. The van der Waals surface area contributed by atoms with Crippen molar-refractivity contribution < 1.29 is 19.4 Å². The third-order valence-electron chi connectivity index (χ3n) is 3.50. The Morgan fingerprint density at radius 3 is 2.41 bits per heavy atom. The molecule has 3 atom stereocenters. The number of aliphatic carboxylic acids is 1. The third kappa shape index (κ3) is 2.23. The van der Waals surface area contributed by atoms with E-state index in [0.717, 1.165) is 12.8 Å². The van der Waals surface area contributed by atoms with Gasteiger partial charge >= 0.3 is 12.1 Å². The van der Waals surface area contributed by atoms with E-state index in [2.05, 4.69) is 0 Å². The van der Waals surface area contributed by atoms with Crippen LogP contribution < -0.4 is 0 Å². The molecule has 0 spiro atoms. The molecule has 2 rings (SSSR count). The maximum absolute atomic E-state index is 11.9. The zero-order valence-electron chi connectivity index (χ0n) is 10.5. The zero-order chi connectivity index (χ0) is 12.8. The van der Waals surface area contributed by atoms with Crippen molar-refractivity contribution in [3.8, 4) is 0 Å². The summed E-state index contributed by atoms with van der Waals surface area (Å²) in [6.07, 6.45) is 1.30. The van der Waals surface area contributed by atoms with Gasteiger partial charge in [0, 0.05) is 12.6 Å². The van der Waals surface area contributed by atoms with Gasteiger partial charge < -0.3 is 14.7 Å². The maximum atomic E-state index is 11.9. The Bertz CT molecular complexity index is 347. The number of nitrogens with zero attached hydrogens (tertiary/aromatic N) is 1. The van der Waals surface area contributed by atoms with E-state index in [-0.39, 0.29) is 18.1 Å². The van der Waals surface area contributed by atoms with Gasteiger partial charge in [-0.1, -0.05) is 0 Å². The van der Waals surface area contributed by atoms with Crippen LogP contribution in [0.15, 0.2) is 0 Å². The predicted molar refractivity (Wildman–Crippen MR) is 60.6 cm³/mol. The van der Waals surface area contributed by atoms with Gasteiger partial charge in [0.1, 0.15) is 5.60 Å². The molecule has 1 saturated carbocycles. The van der Waals surface area contributed by atoms with Gasteiger partial charge in [-0.15, -0.1) is 0 Å². The van der Waals surface area contributed by atoms with Crippen LogP contribution in [0.3, 0.4) is 0 Å². The Morgan fingerprint density at radius 2 is 1.94 bits per heavy atom. The van der Waals surface area contributed by atoms with E-state index in [9.17, 15) is 9.59 Å². The summed E-state index contributed by atoms with van der Waals surface area (Å²) in [5, 5.41) is 9.15. The Morgan fingerprint density at radius 1 is 1.29 bits per heavy atom.